The van der Waals surface area contributed by atoms with Gasteiger partial charge in [-0.05, 0) is 36.6 Å². The fraction of sp³-hybridized carbons (Fsp3) is 0.182. The van der Waals surface area contributed by atoms with Gasteiger partial charge >= 0.3 is 0 Å². The van der Waals surface area contributed by atoms with Gasteiger partial charge in [-0.2, -0.15) is 4.98 Å². The first-order valence-electron chi connectivity index (χ1n) is 9.63. The fourth-order valence-corrected chi connectivity index (χ4v) is 4.34. The molecule has 5 rings (SSSR count). The molecule has 1 N–H and O–H groups in total. The molecule has 8 heteroatoms. The highest BCUT2D eigenvalue weighted by atomic mass is 32.1. The molecule has 3 heterocycles. The summed E-state index contributed by atoms with van der Waals surface area (Å²) in [6.45, 7) is 3.13. The summed E-state index contributed by atoms with van der Waals surface area (Å²) < 4.78 is 16.0. The molecule has 0 saturated heterocycles. The van der Waals surface area contributed by atoms with Crippen molar-refractivity contribution in [1.82, 2.24) is 19.5 Å². The van der Waals surface area contributed by atoms with Gasteiger partial charge in [0.05, 0.1) is 5.69 Å². The van der Waals surface area contributed by atoms with Crippen LogP contribution < -0.4 is 10.5 Å². The van der Waals surface area contributed by atoms with Crippen molar-refractivity contribution in [2.45, 2.75) is 19.9 Å². The predicted molar refractivity (Wildman–Crippen MR) is 116 cm³/mol. The first-order chi connectivity index (χ1) is 14.5. The number of halogens is 1. The van der Waals surface area contributed by atoms with Gasteiger partial charge in [0.1, 0.15) is 21.7 Å². The van der Waals surface area contributed by atoms with Gasteiger partial charge in [-0.3, -0.25) is 14.3 Å². The van der Waals surface area contributed by atoms with Gasteiger partial charge in [-0.25, -0.2) is 9.37 Å². The number of anilines is 1. The third-order valence-electron chi connectivity index (χ3n) is 5.42. The minimum absolute atomic E-state index is 0.181. The highest BCUT2D eigenvalue weighted by molar-refractivity contribution is 7.71. The number of aromatic nitrogens is 4. The van der Waals surface area contributed by atoms with Crippen molar-refractivity contribution in [3.8, 4) is 5.69 Å². The van der Waals surface area contributed by atoms with Gasteiger partial charge < -0.3 is 4.90 Å². The Hall–Kier alpha value is -3.39. The highest BCUT2D eigenvalue weighted by Gasteiger charge is 2.20. The van der Waals surface area contributed by atoms with Gasteiger partial charge in [-0.15, -0.1) is 0 Å². The van der Waals surface area contributed by atoms with E-state index in [0.717, 1.165) is 13.0 Å². The van der Waals surface area contributed by atoms with Gasteiger partial charge in [-0.1, -0.05) is 48.6 Å². The molecule has 2 aromatic heterocycles. The number of fused-ring (bicyclic) bond motifs is 2. The Bertz CT molecular complexity index is 1410. The predicted octanol–water partition coefficient (Wildman–Crippen LogP) is 3.85. The molecule has 1 aliphatic rings. The Labute approximate surface area is 176 Å². The van der Waals surface area contributed by atoms with Crippen LogP contribution in [0.15, 0.2) is 53.3 Å². The molecule has 1 aliphatic heterocycles. The monoisotopic (exact) mass is 419 g/mol. The number of benzene rings is 2. The van der Waals surface area contributed by atoms with Crippen molar-refractivity contribution >= 4 is 29.2 Å². The molecule has 4 aromatic rings. The molecule has 30 heavy (non-hydrogen) atoms. The van der Waals surface area contributed by atoms with Gasteiger partial charge in [0.15, 0.2) is 5.65 Å². The van der Waals surface area contributed by atoms with Crippen LogP contribution in [0.25, 0.3) is 16.7 Å². The van der Waals surface area contributed by atoms with Gasteiger partial charge in [0.25, 0.3) is 5.56 Å². The fourth-order valence-electron chi connectivity index (χ4n) is 3.93. The van der Waals surface area contributed by atoms with Crippen molar-refractivity contribution in [2.24, 2.45) is 0 Å². The van der Waals surface area contributed by atoms with Crippen LogP contribution in [-0.4, -0.2) is 26.1 Å². The summed E-state index contributed by atoms with van der Waals surface area (Å²) in [5.41, 5.74) is 2.67. The van der Waals surface area contributed by atoms with E-state index in [2.05, 4.69) is 27.1 Å². The summed E-state index contributed by atoms with van der Waals surface area (Å²) in [7, 11) is 0. The van der Waals surface area contributed by atoms with E-state index in [0.29, 0.717) is 18.3 Å². The summed E-state index contributed by atoms with van der Waals surface area (Å²) in [6, 6.07) is 14.5. The molecule has 6 nitrogen and oxygen atoms in total. The van der Waals surface area contributed by atoms with E-state index in [1.165, 1.54) is 21.8 Å². The third-order valence-corrected chi connectivity index (χ3v) is 5.81. The number of nitrogens with one attached hydrogen (secondary N) is 1. The normalized spacial score (nSPS) is 13.5. The highest BCUT2D eigenvalue weighted by Crippen LogP contribution is 2.23. The molecule has 0 bridgehead atoms. The lowest BCUT2D eigenvalue weighted by Crippen LogP contribution is -2.33. The van der Waals surface area contributed by atoms with Crippen molar-refractivity contribution in [1.29, 1.82) is 0 Å². The van der Waals surface area contributed by atoms with E-state index in [1.807, 2.05) is 17.0 Å². The number of rotatable bonds is 2. The number of hydrogen-bond donors (Lipinski definition) is 1. The molecule has 0 atom stereocenters. The summed E-state index contributed by atoms with van der Waals surface area (Å²) in [5.74, 6) is 0.489. The summed E-state index contributed by atoms with van der Waals surface area (Å²) >= 11 is 5.54. The second-order valence-electron chi connectivity index (χ2n) is 7.28. The zero-order valence-electron chi connectivity index (χ0n) is 16.2. The zero-order chi connectivity index (χ0) is 20.8. The smallest absolute Gasteiger partial charge is 0.264 e. The Morgan fingerprint density at radius 3 is 2.60 bits per heavy atom. The lowest BCUT2D eigenvalue weighted by atomic mass is 10.0. The van der Waals surface area contributed by atoms with E-state index in [9.17, 15) is 9.18 Å². The van der Waals surface area contributed by atoms with E-state index >= 15 is 0 Å². The molecule has 0 spiro atoms. The maximum absolute atomic E-state index is 14.4. The topological polar surface area (TPSA) is 66.8 Å². The van der Waals surface area contributed by atoms with Crippen LogP contribution in [0.4, 0.5) is 10.3 Å². The molecule has 0 radical (unpaired) electrons. The Kier molecular flexibility index (Phi) is 4.43. The average Bonchev–Trinajstić information content (AvgIpc) is 2.74. The maximum Gasteiger partial charge on any atom is 0.264 e. The van der Waals surface area contributed by atoms with Crippen LogP contribution >= 0.6 is 12.2 Å². The van der Waals surface area contributed by atoms with E-state index < -0.39 is 5.82 Å². The molecule has 2 aromatic carbocycles. The second-order valence-corrected chi connectivity index (χ2v) is 7.67. The molecular weight excluding hydrogens is 401 g/mol. The average molecular weight is 419 g/mol. The lowest BCUT2D eigenvalue weighted by Gasteiger charge is -2.29. The molecule has 0 fully saturated rings. The standard InChI is InChI=1S/C22H18FN5OS/c1-13-24-19-18(21(30)28(13)17-9-5-4-8-16(17)23)20(29)26-22(25-19)27-11-10-14-6-2-3-7-15(14)12-27/h2-9H,10-12H2,1H3,(H,25,26,29). The number of aryl methyl sites for hydroxylation is 1. The Morgan fingerprint density at radius 2 is 1.80 bits per heavy atom. The number of para-hydroxylation sites is 1. The van der Waals surface area contributed by atoms with Crippen LogP contribution in [0, 0.1) is 17.4 Å². The van der Waals surface area contributed by atoms with Gasteiger partial charge in [0, 0.05) is 13.1 Å². The molecule has 0 unspecified atom stereocenters. The van der Waals surface area contributed by atoms with Crippen molar-refractivity contribution in [3.05, 3.63) is 86.3 Å². The number of nitrogens with zero attached hydrogens (tertiary/aromatic N) is 4. The first-order valence-corrected chi connectivity index (χ1v) is 10.0. The number of hydrogen-bond acceptors (Lipinski definition) is 5. The summed E-state index contributed by atoms with van der Waals surface area (Å²) in [6.07, 6.45) is 0.874. The molecule has 0 amide bonds. The van der Waals surface area contributed by atoms with Crippen molar-refractivity contribution in [2.75, 3.05) is 11.4 Å². The van der Waals surface area contributed by atoms with Crippen LogP contribution in [-0.2, 0) is 13.0 Å². The van der Waals surface area contributed by atoms with Crippen LogP contribution in [0.5, 0.6) is 0 Å². The summed E-state index contributed by atoms with van der Waals surface area (Å²) in [5, 5.41) is 0.181. The van der Waals surface area contributed by atoms with Crippen LogP contribution in [0.3, 0.4) is 0 Å². The SMILES string of the molecule is Cc1nc2nc(N3CCc4ccccc4C3)[nH]c(=O)c2c(=S)n1-c1ccccc1F. The lowest BCUT2D eigenvalue weighted by molar-refractivity contribution is 0.614. The van der Waals surface area contributed by atoms with Gasteiger partial charge in [0.2, 0.25) is 5.95 Å². The molecule has 150 valence electrons. The zero-order valence-corrected chi connectivity index (χ0v) is 17.0. The van der Waals surface area contributed by atoms with E-state index in [-0.39, 0.29) is 26.9 Å². The largest absolute Gasteiger partial charge is 0.338 e. The minimum atomic E-state index is -0.439. The quantitative estimate of drug-likeness (QED) is 0.500. The molecule has 0 aliphatic carbocycles. The van der Waals surface area contributed by atoms with Crippen LogP contribution in [0.2, 0.25) is 0 Å². The van der Waals surface area contributed by atoms with E-state index in [1.54, 1.807) is 25.1 Å². The van der Waals surface area contributed by atoms with Crippen LogP contribution in [0.1, 0.15) is 17.0 Å². The maximum atomic E-state index is 14.4. The van der Waals surface area contributed by atoms with E-state index in [4.69, 9.17) is 12.2 Å². The Balaban J connectivity index is 1.64. The summed E-state index contributed by atoms with van der Waals surface area (Å²) in [4.78, 5) is 26.9. The molecular formula is C22H18FN5OS. The van der Waals surface area contributed by atoms with Crippen molar-refractivity contribution in [3.63, 3.8) is 0 Å². The molecule has 0 saturated carbocycles. The first kappa shape index (κ1) is 18.6. The third kappa shape index (κ3) is 3.00. The number of H-pyrrole nitrogens is 1. The minimum Gasteiger partial charge on any atom is -0.338 e. The van der Waals surface area contributed by atoms with Crippen molar-refractivity contribution < 1.29 is 4.39 Å². The Morgan fingerprint density at radius 1 is 1.07 bits per heavy atom. The number of aromatic amines is 1. The second kappa shape index (κ2) is 7.14.